The van der Waals surface area contributed by atoms with Gasteiger partial charge in [-0.05, 0) is 56.0 Å². The molecule has 130 valence electrons. The maximum atomic E-state index is 13.7. The Hall–Kier alpha value is -2.26. The van der Waals surface area contributed by atoms with Gasteiger partial charge in [0, 0.05) is 19.5 Å². The zero-order valence-corrected chi connectivity index (χ0v) is 14.3. The largest absolute Gasteiger partial charge is 0.314 e. The number of fused-ring (bicyclic) bond motifs is 1. The minimum absolute atomic E-state index is 0.197. The summed E-state index contributed by atoms with van der Waals surface area (Å²) in [7, 11) is 0. The molecule has 4 rings (SSSR count). The lowest BCUT2D eigenvalue weighted by Crippen LogP contribution is -2.35. The molecule has 6 heteroatoms. The molecule has 0 radical (unpaired) electrons. The van der Waals surface area contributed by atoms with Gasteiger partial charge in [0.25, 0.3) is 0 Å². The Kier molecular flexibility index (Phi) is 4.50. The second-order valence-corrected chi connectivity index (χ2v) is 6.98. The molecule has 2 aliphatic heterocycles. The van der Waals surface area contributed by atoms with Gasteiger partial charge < -0.3 is 4.57 Å². The van der Waals surface area contributed by atoms with E-state index in [0.717, 1.165) is 56.0 Å². The molecule has 0 saturated carbocycles. The first kappa shape index (κ1) is 16.2. The predicted octanol–water partition coefficient (Wildman–Crippen LogP) is 3.35. The second-order valence-electron chi connectivity index (χ2n) is 6.98. The fourth-order valence-corrected chi connectivity index (χ4v) is 4.07. The number of piperidine rings is 1. The van der Waals surface area contributed by atoms with Crippen molar-refractivity contribution in [3.05, 3.63) is 46.8 Å². The van der Waals surface area contributed by atoms with E-state index in [1.165, 1.54) is 25.0 Å². The molecule has 1 aromatic carbocycles. The van der Waals surface area contributed by atoms with Gasteiger partial charge >= 0.3 is 0 Å². The summed E-state index contributed by atoms with van der Waals surface area (Å²) in [5.74, 6) is 1.85. The van der Waals surface area contributed by atoms with Crippen LogP contribution in [0.5, 0.6) is 0 Å². The van der Waals surface area contributed by atoms with Crippen molar-refractivity contribution in [1.29, 1.82) is 5.26 Å². The summed E-state index contributed by atoms with van der Waals surface area (Å²) < 4.78 is 16.0. The Labute approximate surface area is 147 Å². The number of hydrogen-bond donors (Lipinski definition) is 0. The smallest absolute Gasteiger partial charge is 0.150 e. The summed E-state index contributed by atoms with van der Waals surface area (Å²) in [5.41, 5.74) is 1.31. The van der Waals surface area contributed by atoms with Gasteiger partial charge in [-0.15, -0.1) is 10.2 Å². The van der Waals surface area contributed by atoms with Crippen LogP contribution in [0.15, 0.2) is 18.2 Å². The summed E-state index contributed by atoms with van der Waals surface area (Å²) in [6, 6.07) is 6.80. The van der Waals surface area contributed by atoms with Crippen LogP contribution in [-0.2, 0) is 19.5 Å². The third-order valence-corrected chi connectivity index (χ3v) is 5.36. The molecule has 2 aromatic rings. The van der Waals surface area contributed by atoms with Gasteiger partial charge in [0.15, 0.2) is 0 Å². The zero-order valence-electron chi connectivity index (χ0n) is 14.3. The van der Waals surface area contributed by atoms with E-state index in [-0.39, 0.29) is 11.9 Å². The number of rotatable bonds is 3. The standard InChI is InChI=1S/C19H22FN5/c20-16-8-7-14(12-21)15(11-16)13-24-9-3-1-5-17(24)19-23-22-18-6-2-4-10-25(18)19/h7-8,11,17H,1-6,9-10,13H2/t17-/m1/s1. The van der Waals surface area contributed by atoms with E-state index in [4.69, 9.17) is 0 Å². The van der Waals surface area contributed by atoms with Crippen LogP contribution in [0.3, 0.4) is 0 Å². The van der Waals surface area contributed by atoms with E-state index >= 15 is 0 Å². The quantitative estimate of drug-likeness (QED) is 0.860. The third kappa shape index (κ3) is 3.16. The monoisotopic (exact) mass is 339 g/mol. The van der Waals surface area contributed by atoms with Crippen molar-refractivity contribution >= 4 is 0 Å². The molecule has 1 fully saturated rings. The lowest BCUT2D eigenvalue weighted by atomic mass is 9.98. The maximum Gasteiger partial charge on any atom is 0.150 e. The first-order valence-electron chi connectivity index (χ1n) is 9.11. The average Bonchev–Trinajstić information content (AvgIpc) is 3.06. The lowest BCUT2D eigenvalue weighted by Gasteiger charge is -2.35. The Balaban J connectivity index is 1.63. The van der Waals surface area contributed by atoms with Crippen LogP contribution in [0.25, 0.3) is 0 Å². The first-order valence-corrected chi connectivity index (χ1v) is 9.11. The number of benzene rings is 1. The van der Waals surface area contributed by atoms with Crippen molar-refractivity contribution < 1.29 is 4.39 Å². The van der Waals surface area contributed by atoms with Gasteiger partial charge in [0.2, 0.25) is 0 Å². The molecule has 5 nitrogen and oxygen atoms in total. The molecule has 3 heterocycles. The lowest BCUT2D eigenvalue weighted by molar-refractivity contribution is 0.129. The van der Waals surface area contributed by atoms with Gasteiger partial charge in [-0.2, -0.15) is 5.26 Å². The molecule has 2 aliphatic rings. The van der Waals surface area contributed by atoms with Crippen LogP contribution in [0.4, 0.5) is 4.39 Å². The number of hydrogen-bond acceptors (Lipinski definition) is 4. The molecule has 1 aromatic heterocycles. The summed E-state index contributed by atoms with van der Waals surface area (Å²) in [6.07, 6.45) is 6.68. The minimum Gasteiger partial charge on any atom is -0.314 e. The van der Waals surface area contributed by atoms with Gasteiger partial charge in [0.1, 0.15) is 17.5 Å². The Morgan fingerprint density at radius 2 is 2.04 bits per heavy atom. The van der Waals surface area contributed by atoms with Gasteiger partial charge in [0.05, 0.1) is 17.7 Å². The summed E-state index contributed by atoms with van der Waals surface area (Å²) in [4.78, 5) is 2.34. The molecule has 25 heavy (non-hydrogen) atoms. The Bertz CT molecular complexity index is 807. The number of nitrogens with zero attached hydrogens (tertiary/aromatic N) is 5. The number of halogens is 1. The molecule has 0 unspecified atom stereocenters. The van der Waals surface area contributed by atoms with Crippen LogP contribution < -0.4 is 0 Å². The van der Waals surface area contributed by atoms with Crippen molar-refractivity contribution in [1.82, 2.24) is 19.7 Å². The second kappa shape index (κ2) is 6.93. The van der Waals surface area contributed by atoms with Crippen molar-refractivity contribution in [2.45, 2.75) is 57.7 Å². The molecule has 0 N–H and O–H groups in total. The summed E-state index contributed by atoms with van der Waals surface area (Å²) in [5, 5.41) is 18.2. The van der Waals surface area contributed by atoms with Gasteiger partial charge in [-0.1, -0.05) is 6.42 Å². The van der Waals surface area contributed by atoms with Crippen LogP contribution in [0.1, 0.15) is 60.9 Å². The fourth-order valence-electron chi connectivity index (χ4n) is 4.07. The minimum atomic E-state index is -0.289. The van der Waals surface area contributed by atoms with Gasteiger partial charge in [-0.3, -0.25) is 4.90 Å². The van der Waals surface area contributed by atoms with E-state index in [2.05, 4.69) is 25.7 Å². The molecule has 1 saturated heterocycles. The van der Waals surface area contributed by atoms with E-state index in [1.54, 1.807) is 6.07 Å². The molecule has 0 amide bonds. The van der Waals surface area contributed by atoms with E-state index in [0.29, 0.717) is 12.1 Å². The average molecular weight is 339 g/mol. The normalized spacial score (nSPS) is 20.9. The summed E-state index contributed by atoms with van der Waals surface area (Å²) >= 11 is 0. The maximum absolute atomic E-state index is 13.7. The van der Waals surface area contributed by atoms with Crippen molar-refractivity contribution in [3.63, 3.8) is 0 Å². The molecular formula is C19H22FN5. The topological polar surface area (TPSA) is 57.7 Å². The highest BCUT2D eigenvalue weighted by atomic mass is 19.1. The fraction of sp³-hybridized carbons (Fsp3) is 0.526. The SMILES string of the molecule is N#Cc1ccc(F)cc1CN1CCCC[C@@H]1c1nnc2n1CCCC2. The van der Waals surface area contributed by atoms with Crippen LogP contribution >= 0.6 is 0 Å². The highest BCUT2D eigenvalue weighted by molar-refractivity contribution is 5.37. The zero-order chi connectivity index (χ0) is 17.2. The van der Waals surface area contributed by atoms with Gasteiger partial charge in [-0.25, -0.2) is 4.39 Å². The number of aryl methyl sites for hydroxylation is 1. The van der Waals surface area contributed by atoms with Crippen LogP contribution in [0.2, 0.25) is 0 Å². The third-order valence-electron chi connectivity index (χ3n) is 5.36. The number of nitriles is 1. The predicted molar refractivity (Wildman–Crippen MR) is 91.1 cm³/mol. The molecule has 0 bridgehead atoms. The summed E-state index contributed by atoms with van der Waals surface area (Å²) in [6.45, 7) is 2.51. The van der Waals surface area contributed by atoms with E-state index in [1.807, 2.05) is 0 Å². The number of aromatic nitrogens is 3. The molecule has 0 aliphatic carbocycles. The molecule has 1 atom stereocenters. The van der Waals surface area contributed by atoms with Crippen LogP contribution in [-0.4, -0.2) is 26.2 Å². The number of likely N-dealkylation sites (tertiary alicyclic amines) is 1. The molecular weight excluding hydrogens is 317 g/mol. The Morgan fingerprint density at radius 1 is 1.16 bits per heavy atom. The van der Waals surface area contributed by atoms with Crippen molar-refractivity contribution in [2.75, 3.05) is 6.54 Å². The van der Waals surface area contributed by atoms with Crippen LogP contribution in [0, 0.1) is 17.1 Å². The van der Waals surface area contributed by atoms with E-state index in [9.17, 15) is 9.65 Å². The first-order chi connectivity index (χ1) is 12.3. The van der Waals surface area contributed by atoms with E-state index < -0.39 is 0 Å². The Morgan fingerprint density at radius 3 is 2.92 bits per heavy atom. The highest BCUT2D eigenvalue weighted by Gasteiger charge is 2.30. The van der Waals surface area contributed by atoms with Crippen molar-refractivity contribution in [2.24, 2.45) is 0 Å². The molecule has 0 spiro atoms. The highest BCUT2D eigenvalue weighted by Crippen LogP contribution is 2.33. The van der Waals surface area contributed by atoms with Crippen molar-refractivity contribution in [3.8, 4) is 6.07 Å².